The van der Waals surface area contributed by atoms with Crippen molar-refractivity contribution in [3.05, 3.63) is 34.9 Å². The summed E-state index contributed by atoms with van der Waals surface area (Å²) in [4.78, 5) is 36.5. The second kappa shape index (κ2) is 4.37. The fraction of sp³-hybridized carbons (Fsp3) is 0.357. The molecular formula is C14H15NO3. The Labute approximate surface area is 106 Å². The van der Waals surface area contributed by atoms with Crippen LogP contribution in [0.25, 0.3) is 0 Å². The van der Waals surface area contributed by atoms with Gasteiger partial charge in [-0.2, -0.15) is 0 Å². The van der Waals surface area contributed by atoms with Gasteiger partial charge in [0, 0.05) is 24.1 Å². The third-order valence-corrected chi connectivity index (χ3v) is 3.17. The fourth-order valence-electron chi connectivity index (χ4n) is 1.99. The molecule has 1 aromatic rings. The highest BCUT2D eigenvalue weighted by Crippen LogP contribution is 2.21. The Balaban J connectivity index is 2.47. The Kier molecular flexibility index (Phi) is 3.03. The van der Waals surface area contributed by atoms with Crippen molar-refractivity contribution in [2.24, 2.45) is 5.92 Å². The van der Waals surface area contributed by atoms with Gasteiger partial charge >= 0.3 is 0 Å². The number of nitrogens with zero attached hydrogens (tertiary/aromatic N) is 1. The highest BCUT2D eigenvalue weighted by Gasteiger charge is 2.28. The van der Waals surface area contributed by atoms with E-state index < -0.39 is 0 Å². The van der Waals surface area contributed by atoms with Crippen LogP contribution in [0.5, 0.6) is 0 Å². The van der Waals surface area contributed by atoms with Crippen LogP contribution in [0, 0.1) is 5.92 Å². The summed E-state index contributed by atoms with van der Waals surface area (Å²) in [5.41, 5.74) is 1.69. The van der Waals surface area contributed by atoms with Crippen molar-refractivity contribution in [1.82, 2.24) is 4.90 Å². The van der Waals surface area contributed by atoms with E-state index in [-0.39, 0.29) is 29.9 Å². The van der Waals surface area contributed by atoms with Gasteiger partial charge in [0.1, 0.15) is 0 Å². The van der Waals surface area contributed by atoms with E-state index in [4.69, 9.17) is 0 Å². The van der Waals surface area contributed by atoms with Crippen molar-refractivity contribution in [3.63, 3.8) is 0 Å². The third-order valence-electron chi connectivity index (χ3n) is 3.17. The van der Waals surface area contributed by atoms with Crippen LogP contribution >= 0.6 is 0 Å². The molecule has 1 aromatic carbocycles. The van der Waals surface area contributed by atoms with E-state index in [1.807, 2.05) is 13.8 Å². The molecule has 0 saturated heterocycles. The number of ketones is 1. The molecule has 0 unspecified atom stereocenters. The molecule has 0 saturated carbocycles. The van der Waals surface area contributed by atoms with Gasteiger partial charge in [0.05, 0.1) is 6.42 Å². The highest BCUT2D eigenvalue weighted by atomic mass is 16.2. The molecule has 0 aliphatic carbocycles. The maximum absolute atomic E-state index is 12.0. The smallest absolute Gasteiger partial charge is 0.260 e. The summed E-state index contributed by atoms with van der Waals surface area (Å²) < 4.78 is 0. The molecule has 1 aliphatic heterocycles. The summed E-state index contributed by atoms with van der Waals surface area (Å²) in [6.45, 7) is 3.64. The quantitative estimate of drug-likeness (QED) is 0.588. The number of imide groups is 1. The number of rotatable bonds is 2. The Morgan fingerprint density at radius 2 is 1.94 bits per heavy atom. The number of likely N-dealkylation sites (N-methyl/N-ethyl adjacent to an activating group) is 1. The lowest BCUT2D eigenvalue weighted by atomic mass is 9.93. The summed E-state index contributed by atoms with van der Waals surface area (Å²) in [7, 11) is 1.46. The van der Waals surface area contributed by atoms with Crippen LogP contribution in [-0.2, 0) is 11.2 Å². The third kappa shape index (κ3) is 1.94. The van der Waals surface area contributed by atoms with E-state index in [1.165, 1.54) is 7.05 Å². The van der Waals surface area contributed by atoms with E-state index in [0.29, 0.717) is 16.7 Å². The number of Topliss-reactive ketones (excluding diaryl/α,β-unsaturated/α-hetero) is 1. The molecule has 94 valence electrons. The van der Waals surface area contributed by atoms with Crippen LogP contribution in [0.1, 0.15) is 40.1 Å². The number of benzene rings is 1. The lowest BCUT2D eigenvalue weighted by molar-refractivity contribution is -0.127. The number of hydrogen-bond donors (Lipinski definition) is 0. The van der Waals surface area contributed by atoms with Gasteiger partial charge in [-0.05, 0) is 11.6 Å². The van der Waals surface area contributed by atoms with Gasteiger partial charge in [-0.25, -0.2) is 0 Å². The number of amides is 2. The first-order valence-electron chi connectivity index (χ1n) is 5.90. The van der Waals surface area contributed by atoms with Gasteiger partial charge in [0.15, 0.2) is 5.78 Å². The monoisotopic (exact) mass is 245 g/mol. The maximum atomic E-state index is 12.0. The zero-order chi connectivity index (χ0) is 13.4. The topological polar surface area (TPSA) is 54.5 Å². The van der Waals surface area contributed by atoms with E-state index in [1.54, 1.807) is 18.2 Å². The lowest BCUT2D eigenvalue weighted by Crippen LogP contribution is -2.39. The van der Waals surface area contributed by atoms with Crippen LogP contribution in [0.15, 0.2) is 18.2 Å². The van der Waals surface area contributed by atoms with E-state index >= 15 is 0 Å². The average Bonchev–Trinajstić information content (AvgIpc) is 2.35. The predicted molar refractivity (Wildman–Crippen MR) is 66.4 cm³/mol. The molecule has 0 radical (unpaired) electrons. The molecule has 0 N–H and O–H groups in total. The average molecular weight is 245 g/mol. The van der Waals surface area contributed by atoms with Crippen molar-refractivity contribution in [3.8, 4) is 0 Å². The van der Waals surface area contributed by atoms with Crippen LogP contribution in [0.3, 0.4) is 0 Å². The number of hydrogen-bond acceptors (Lipinski definition) is 3. The van der Waals surface area contributed by atoms with Gasteiger partial charge in [-0.15, -0.1) is 0 Å². The minimum absolute atomic E-state index is 0.00477. The van der Waals surface area contributed by atoms with Gasteiger partial charge in [0.2, 0.25) is 5.91 Å². The Morgan fingerprint density at radius 3 is 2.56 bits per heavy atom. The molecular weight excluding hydrogens is 230 g/mol. The molecule has 0 aromatic heterocycles. The van der Waals surface area contributed by atoms with Gasteiger partial charge in [-0.3, -0.25) is 19.3 Å². The summed E-state index contributed by atoms with van der Waals surface area (Å²) in [5, 5.41) is 0. The highest BCUT2D eigenvalue weighted by molar-refractivity contribution is 6.10. The van der Waals surface area contributed by atoms with E-state index in [9.17, 15) is 14.4 Å². The number of carbonyl (C=O) groups excluding carboxylic acids is 3. The summed E-state index contributed by atoms with van der Waals surface area (Å²) in [5.74, 6) is -0.652. The second-order valence-corrected chi connectivity index (χ2v) is 4.83. The minimum atomic E-state index is -0.334. The Bertz CT molecular complexity index is 546. The zero-order valence-electron chi connectivity index (χ0n) is 10.7. The number of fused-ring (bicyclic) bond motifs is 1. The Hall–Kier alpha value is -1.97. The van der Waals surface area contributed by atoms with Crippen LogP contribution in [0.2, 0.25) is 0 Å². The molecule has 2 rings (SSSR count). The van der Waals surface area contributed by atoms with E-state index in [0.717, 1.165) is 4.90 Å². The normalized spacial score (nSPS) is 15.0. The molecule has 0 spiro atoms. The largest absolute Gasteiger partial charge is 0.294 e. The van der Waals surface area contributed by atoms with Crippen molar-refractivity contribution in [2.45, 2.75) is 20.3 Å². The first kappa shape index (κ1) is 12.5. The maximum Gasteiger partial charge on any atom is 0.260 e. The standard InChI is InChI=1S/C14H15NO3/c1-8(2)13(17)10-5-4-9-7-12(16)15(3)14(18)11(9)6-10/h4-6,8H,7H2,1-3H3. The molecule has 0 fully saturated rings. The first-order valence-corrected chi connectivity index (χ1v) is 5.90. The minimum Gasteiger partial charge on any atom is -0.294 e. The molecule has 4 heteroatoms. The van der Waals surface area contributed by atoms with E-state index in [2.05, 4.69) is 0 Å². The molecule has 2 amide bonds. The molecule has 0 bridgehead atoms. The van der Waals surface area contributed by atoms with Gasteiger partial charge in [-0.1, -0.05) is 26.0 Å². The summed E-state index contributed by atoms with van der Waals surface area (Å²) in [6, 6.07) is 4.99. The Morgan fingerprint density at radius 1 is 1.28 bits per heavy atom. The van der Waals surface area contributed by atoms with Crippen LogP contribution < -0.4 is 0 Å². The number of carbonyl (C=O) groups is 3. The summed E-state index contributed by atoms with van der Waals surface area (Å²) >= 11 is 0. The first-order chi connectivity index (χ1) is 8.41. The van der Waals surface area contributed by atoms with Crippen molar-refractivity contribution < 1.29 is 14.4 Å². The molecule has 18 heavy (non-hydrogen) atoms. The van der Waals surface area contributed by atoms with Crippen LogP contribution in [-0.4, -0.2) is 29.5 Å². The van der Waals surface area contributed by atoms with Gasteiger partial charge in [0.25, 0.3) is 5.91 Å². The van der Waals surface area contributed by atoms with Crippen LogP contribution in [0.4, 0.5) is 0 Å². The van der Waals surface area contributed by atoms with Crippen molar-refractivity contribution in [2.75, 3.05) is 7.05 Å². The zero-order valence-corrected chi connectivity index (χ0v) is 10.7. The lowest BCUT2D eigenvalue weighted by Gasteiger charge is -2.23. The summed E-state index contributed by atoms with van der Waals surface area (Å²) in [6.07, 6.45) is 0.216. The van der Waals surface area contributed by atoms with Gasteiger partial charge < -0.3 is 0 Å². The second-order valence-electron chi connectivity index (χ2n) is 4.83. The predicted octanol–water partition coefficient (Wildman–Crippen LogP) is 1.68. The molecule has 0 atom stereocenters. The van der Waals surface area contributed by atoms with Crippen molar-refractivity contribution in [1.29, 1.82) is 0 Å². The molecule has 4 nitrogen and oxygen atoms in total. The molecule has 1 aliphatic rings. The molecule has 1 heterocycles. The van der Waals surface area contributed by atoms with Crippen molar-refractivity contribution >= 4 is 17.6 Å². The SMILES string of the molecule is CC(C)C(=O)c1ccc2c(c1)C(=O)N(C)C(=O)C2. The fourth-order valence-corrected chi connectivity index (χ4v) is 1.99.